The molecule has 3 rings (SSSR count). The summed E-state index contributed by atoms with van der Waals surface area (Å²) < 4.78 is 0.617. The molecular weight excluding hydrogens is 428 g/mol. The molecule has 2 heterocycles. The number of nitrogens with one attached hydrogen (secondary N) is 2. The van der Waals surface area contributed by atoms with E-state index >= 15 is 0 Å². The molecule has 2 aromatic rings. The molecule has 2 N–H and O–H groups in total. The first-order valence-electron chi connectivity index (χ1n) is 9.09. The van der Waals surface area contributed by atoms with Gasteiger partial charge in [-0.15, -0.1) is 0 Å². The Morgan fingerprint density at radius 1 is 1.36 bits per heavy atom. The van der Waals surface area contributed by atoms with E-state index in [-0.39, 0.29) is 23.4 Å². The molecule has 0 bridgehead atoms. The number of benzene rings is 1. The Labute approximate surface area is 170 Å². The molecule has 10 heteroatoms. The zero-order valence-electron chi connectivity index (χ0n) is 15.4. The van der Waals surface area contributed by atoms with Crippen LogP contribution in [0.25, 0.3) is 0 Å². The van der Waals surface area contributed by atoms with E-state index in [4.69, 9.17) is 0 Å². The number of rotatable bonds is 6. The average Bonchev–Trinajstić information content (AvgIpc) is 2.71. The highest BCUT2D eigenvalue weighted by Crippen LogP contribution is 2.35. The van der Waals surface area contributed by atoms with Gasteiger partial charge in [0.05, 0.1) is 10.5 Å². The summed E-state index contributed by atoms with van der Waals surface area (Å²) >= 11 is 3.31. The summed E-state index contributed by atoms with van der Waals surface area (Å²) in [5, 5.41) is 11.8. The first-order valence-corrected chi connectivity index (χ1v) is 9.89. The van der Waals surface area contributed by atoms with Crippen molar-refractivity contribution in [3.8, 4) is 0 Å². The van der Waals surface area contributed by atoms with Crippen molar-refractivity contribution in [2.24, 2.45) is 0 Å². The van der Waals surface area contributed by atoms with Gasteiger partial charge in [-0.2, -0.15) is 0 Å². The van der Waals surface area contributed by atoms with Crippen LogP contribution >= 0.6 is 15.9 Å². The number of hydrogen-bond donors (Lipinski definition) is 2. The van der Waals surface area contributed by atoms with E-state index in [0.29, 0.717) is 16.6 Å². The predicted octanol–water partition coefficient (Wildman–Crippen LogP) is 3.67. The van der Waals surface area contributed by atoms with Crippen molar-refractivity contribution >= 4 is 39.2 Å². The number of amides is 1. The molecule has 148 valence electrons. The van der Waals surface area contributed by atoms with Gasteiger partial charge in [0.15, 0.2) is 0 Å². The van der Waals surface area contributed by atoms with Crippen LogP contribution in [0.1, 0.15) is 43.0 Å². The topological polar surface area (TPSA) is 113 Å². The number of nitro groups is 1. The van der Waals surface area contributed by atoms with E-state index in [0.717, 1.165) is 25.7 Å². The lowest BCUT2D eigenvalue weighted by molar-refractivity contribution is -0.383. The molecule has 0 spiro atoms. The Hall–Kier alpha value is -2.75. The summed E-state index contributed by atoms with van der Waals surface area (Å²) in [7, 11) is 0. The maximum Gasteiger partial charge on any atom is 0.355 e. The Morgan fingerprint density at radius 2 is 2.14 bits per heavy atom. The normalized spacial score (nSPS) is 16.5. The van der Waals surface area contributed by atoms with Gasteiger partial charge in [-0.05, 0) is 53.7 Å². The van der Waals surface area contributed by atoms with E-state index < -0.39 is 10.8 Å². The van der Waals surface area contributed by atoms with Crippen molar-refractivity contribution in [2.75, 3.05) is 16.9 Å². The SMILES string of the molecule is CCC1CCCCN1c1ncnc(NNC(=O)c2ccccc2Br)c1[N+](=O)[O-]. The number of piperidine rings is 1. The molecule has 1 unspecified atom stereocenters. The lowest BCUT2D eigenvalue weighted by Gasteiger charge is -2.35. The van der Waals surface area contributed by atoms with E-state index in [1.807, 2.05) is 4.90 Å². The third kappa shape index (κ3) is 4.22. The zero-order chi connectivity index (χ0) is 20.1. The summed E-state index contributed by atoms with van der Waals surface area (Å²) in [4.78, 5) is 33.8. The number of nitrogens with zero attached hydrogens (tertiary/aromatic N) is 4. The first kappa shape index (κ1) is 20.0. The molecule has 1 aromatic carbocycles. The van der Waals surface area contributed by atoms with Crippen molar-refractivity contribution in [2.45, 2.75) is 38.6 Å². The van der Waals surface area contributed by atoms with Crippen LogP contribution in [0.15, 0.2) is 35.1 Å². The molecule has 1 fully saturated rings. The summed E-state index contributed by atoms with van der Waals surface area (Å²) in [6.45, 7) is 2.77. The van der Waals surface area contributed by atoms with Gasteiger partial charge in [0.25, 0.3) is 5.91 Å². The smallest absolute Gasteiger partial charge is 0.348 e. The zero-order valence-corrected chi connectivity index (χ0v) is 17.0. The second kappa shape index (κ2) is 8.96. The first-order chi connectivity index (χ1) is 13.5. The molecule has 1 aromatic heterocycles. The van der Waals surface area contributed by atoms with Crippen molar-refractivity contribution in [1.29, 1.82) is 0 Å². The summed E-state index contributed by atoms with van der Waals surface area (Å²) in [6, 6.07) is 7.09. The highest BCUT2D eigenvalue weighted by atomic mass is 79.9. The van der Waals surface area contributed by atoms with E-state index in [1.54, 1.807) is 24.3 Å². The monoisotopic (exact) mass is 448 g/mol. The Balaban J connectivity index is 1.86. The van der Waals surface area contributed by atoms with Crippen LogP contribution in [-0.2, 0) is 0 Å². The van der Waals surface area contributed by atoms with Gasteiger partial charge in [0.1, 0.15) is 6.33 Å². The quantitative estimate of drug-likeness (QED) is 0.511. The van der Waals surface area contributed by atoms with Gasteiger partial charge in [-0.3, -0.25) is 25.8 Å². The van der Waals surface area contributed by atoms with Gasteiger partial charge in [-0.25, -0.2) is 9.97 Å². The molecule has 1 amide bonds. The van der Waals surface area contributed by atoms with Crippen molar-refractivity contribution in [1.82, 2.24) is 15.4 Å². The second-order valence-electron chi connectivity index (χ2n) is 6.46. The minimum Gasteiger partial charge on any atom is -0.348 e. The Morgan fingerprint density at radius 3 is 2.86 bits per heavy atom. The second-order valence-corrected chi connectivity index (χ2v) is 7.32. The standard InChI is InChI=1S/C18H21BrN6O3/c1-2-12-7-5-6-10-24(12)17-15(25(27)28)16(20-11-21-17)22-23-18(26)13-8-3-4-9-14(13)19/h3-4,8-9,11-12H,2,5-7,10H2,1H3,(H,23,26)(H,20,21,22). The number of halogens is 1. The summed E-state index contributed by atoms with van der Waals surface area (Å²) in [5.41, 5.74) is 5.22. The fourth-order valence-electron chi connectivity index (χ4n) is 3.37. The molecule has 0 radical (unpaired) electrons. The number of anilines is 2. The van der Waals surface area contributed by atoms with Gasteiger partial charge < -0.3 is 4.90 Å². The Bertz CT molecular complexity index is 878. The molecule has 1 aliphatic rings. The number of carbonyl (C=O) groups is 1. The van der Waals surface area contributed by atoms with Gasteiger partial charge in [0.2, 0.25) is 11.6 Å². The van der Waals surface area contributed by atoms with Crippen molar-refractivity contribution in [3.63, 3.8) is 0 Å². The van der Waals surface area contributed by atoms with Gasteiger partial charge in [-0.1, -0.05) is 19.1 Å². The molecule has 1 atom stereocenters. The van der Waals surface area contributed by atoms with Crippen LogP contribution < -0.4 is 15.8 Å². The third-order valence-electron chi connectivity index (χ3n) is 4.77. The third-order valence-corrected chi connectivity index (χ3v) is 5.46. The fourth-order valence-corrected chi connectivity index (χ4v) is 3.84. The van der Waals surface area contributed by atoms with Crippen LogP contribution in [0, 0.1) is 10.1 Å². The molecular formula is C18H21BrN6O3. The fraction of sp³-hybridized carbons (Fsp3) is 0.389. The average molecular weight is 449 g/mol. The number of hydrazine groups is 1. The number of carbonyl (C=O) groups excluding carboxylic acids is 1. The van der Waals surface area contributed by atoms with Crippen molar-refractivity contribution in [3.05, 3.63) is 50.7 Å². The summed E-state index contributed by atoms with van der Waals surface area (Å²) in [6.07, 6.45) is 5.18. The van der Waals surface area contributed by atoms with Crippen LogP contribution in [-0.4, -0.2) is 33.4 Å². The van der Waals surface area contributed by atoms with Crippen molar-refractivity contribution < 1.29 is 9.72 Å². The Kier molecular flexibility index (Phi) is 6.40. The molecule has 1 saturated heterocycles. The van der Waals surface area contributed by atoms with Crippen LogP contribution in [0.2, 0.25) is 0 Å². The van der Waals surface area contributed by atoms with Crippen LogP contribution in [0.3, 0.4) is 0 Å². The lowest BCUT2D eigenvalue weighted by Crippen LogP contribution is -2.40. The van der Waals surface area contributed by atoms with Gasteiger partial charge in [0, 0.05) is 17.1 Å². The van der Waals surface area contributed by atoms with E-state index in [2.05, 4.69) is 43.7 Å². The summed E-state index contributed by atoms with van der Waals surface area (Å²) in [5.74, 6) is -0.202. The maximum absolute atomic E-state index is 12.4. The largest absolute Gasteiger partial charge is 0.355 e. The molecule has 28 heavy (non-hydrogen) atoms. The van der Waals surface area contributed by atoms with Crippen LogP contribution in [0.5, 0.6) is 0 Å². The maximum atomic E-state index is 12.4. The van der Waals surface area contributed by atoms with E-state index in [1.165, 1.54) is 6.33 Å². The molecule has 0 saturated carbocycles. The van der Waals surface area contributed by atoms with E-state index in [9.17, 15) is 14.9 Å². The number of aromatic nitrogens is 2. The van der Waals surface area contributed by atoms with Crippen LogP contribution in [0.4, 0.5) is 17.3 Å². The highest BCUT2D eigenvalue weighted by Gasteiger charge is 2.32. The molecule has 1 aliphatic heterocycles. The molecule has 0 aliphatic carbocycles. The minimum atomic E-state index is -0.510. The molecule has 9 nitrogen and oxygen atoms in total. The lowest BCUT2D eigenvalue weighted by atomic mass is 10.00. The van der Waals surface area contributed by atoms with Gasteiger partial charge >= 0.3 is 5.69 Å². The highest BCUT2D eigenvalue weighted by molar-refractivity contribution is 9.10. The predicted molar refractivity (Wildman–Crippen MR) is 109 cm³/mol. The minimum absolute atomic E-state index is 0.0455. The number of hydrogen-bond acceptors (Lipinski definition) is 7.